The van der Waals surface area contributed by atoms with E-state index in [1.807, 2.05) is 4.72 Å². The van der Waals surface area contributed by atoms with E-state index < -0.39 is 33.4 Å². The molecule has 2 heterocycles. The smallest absolute Gasteiger partial charge is 0.275 e. The van der Waals surface area contributed by atoms with Crippen molar-refractivity contribution < 1.29 is 17.9 Å². The zero-order chi connectivity index (χ0) is 26.4. The summed E-state index contributed by atoms with van der Waals surface area (Å²) in [6.07, 6.45) is 2.65. The van der Waals surface area contributed by atoms with E-state index in [9.17, 15) is 23.3 Å². The summed E-state index contributed by atoms with van der Waals surface area (Å²) in [7, 11) is -3.78. The van der Waals surface area contributed by atoms with Crippen molar-refractivity contribution in [2.24, 2.45) is 5.41 Å². The highest BCUT2D eigenvalue weighted by atomic mass is 35.5. The second-order valence-corrected chi connectivity index (χ2v) is 11.2. The highest BCUT2D eigenvalue weighted by molar-refractivity contribution is 7.89. The minimum Gasteiger partial charge on any atom is -0.490 e. The van der Waals surface area contributed by atoms with Gasteiger partial charge in [0.1, 0.15) is 24.7 Å². The Morgan fingerprint density at radius 1 is 1.30 bits per heavy atom. The van der Waals surface area contributed by atoms with E-state index in [0.29, 0.717) is 44.1 Å². The van der Waals surface area contributed by atoms with Gasteiger partial charge in [0.15, 0.2) is 0 Å². The van der Waals surface area contributed by atoms with Crippen LogP contribution in [-0.4, -0.2) is 46.9 Å². The molecule has 0 atom stereocenters. The fourth-order valence-electron chi connectivity index (χ4n) is 3.99. The second kappa shape index (κ2) is 9.17. The van der Waals surface area contributed by atoms with E-state index in [0.717, 1.165) is 23.8 Å². The Morgan fingerprint density at radius 3 is 2.70 bits per heavy atom. The van der Waals surface area contributed by atoms with E-state index >= 15 is 0 Å². The van der Waals surface area contributed by atoms with E-state index in [-0.39, 0.29) is 13.0 Å². The number of halogens is 1. The molecule has 0 aliphatic heterocycles. The maximum Gasteiger partial charge on any atom is 0.275 e. The largest absolute Gasteiger partial charge is 0.490 e. The number of nitrogens with one attached hydrogen (secondary N) is 2. The van der Waals surface area contributed by atoms with Gasteiger partial charge in [-0.1, -0.05) is 29.8 Å². The van der Waals surface area contributed by atoms with Gasteiger partial charge in [0.2, 0.25) is 10.0 Å². The molecule has 37 heavy (non-hydrogen) atoms. The molecule has 190 valence electrons. The number of imidazole rings is 1. The number of amides is 1. The number of fused-ring (bicyclic) bond motifs is 2. The fraction of sp³-hybridized carbons (Fsp3) is 0.292. The molecular weight excluding hydrogens is 520 g/mol. The highest BCUT2D eigenvalue weighted by Crippen LogP contribution is 2.45. The zero-order valence-corrected chi connectivity index (χ0v) is 21.2. The molecule has 0 spiro atoms. The standard InChI is InChI=1S/C24H21ClN6O5S/c1-37(34,35)30-22(32)11-31-23(33)15-5-3-2-4-14(15)17(29-31)10-21-27-18-8-16(25)20(9-19(18)28-21)36-13-24(12-26)6-7-24/h2-5,8-9H,6-7,10-11,13H2,1H3,(H,27,28)(H,30,32). The number of rotatable bonds is 8. The zero-order valence-electron chi connectivity index (χ0n) is 19.6. The molecule has 1 fully saturated rings. The van der Waals surface area contributed by atoms with Gasteiger partial charge in [0, 0.05) is 11.5 Å². The van der Waals surface area contributed by atoms with Crippen LogP contribution in [-0.2, 0) is 27.8 Å². The first-order chi connectivity index (χ1) is 17.6. The van der Waals surface area contributed by atoms with Gasteiger partial charge in [0.25, 0.3) is 11.5 Å². The van der Waals surface area contributed by atoms with Crippen molar-refractivity contribution in [1.82, 2.24) is 24.5 Å². The lowest BCUT2D eigenvalue weighted by atomic mass is 10.1. The SMILES string of the molecule is CS(=O)(=O)NC(=O)Cn1nc(Cc2nc3cc(Cl)c(OCC4(C#N)CC4)cc3[nH]2)c2ccccc2c1=O. The van der Waals surface area contributed by atoms with Crippen LogP contribution in [0.3, 0.4) is 0 Å². The predicted molar refractivity (Wildman–Crippen MR) is 136 cm³/mol. The Labute approximate surface area is 216 Å². The van der Waals surface area contributed by atoms with Crippen LogP contribution in [0.25, 0.3) is 21.8 Å². The van der Waals surface area contributed by atoms with Crippen LogP contribution in [0.2, 0.25) is 5.02 Å². The number of nitriles is 1. The van der Waals surface area contributed by atoms with Crippen LogP contribution in [0.4, 0.5) is 0 Å². The van der Waals surface area contributed by atoms with Crippen molar-refractivity contribution in [3.63, 3.8) is 0 Å². The quantitative estimate of drug-likeness (QED) is 0.344. The summed E-state index contributed by atoms with van der Waals surface area (Å²) >= 11 is 6.38. The molecule has 1 aliphatic carbocycles. The molecule has 13 heteroatoms. The summed E-state index contributed by atoms with van der Waals surface area (Å²) in [5.41, 5.74) is 0.770. The van der Waals surface area contributed by atoms with Gasteiger partial charge in [-0.05, 0) is 25.0 Å². The highest BCUT2D eigenvalue weighted by Gasteiger charge is 2.44. The molecule has 1 saturated carbocycles. The molecule has 5 rings (SSSR count). The van der Waals surface area contributed by atoms with Crippen molar-refractivity contribution >= 4 is 49.3 Å². The normalized spacial score (nSPS) is 14.4. The molecule has 1 amide bonds. The Kier molecular flexibility index (Phi) is 6.13. The molecule has 0 unspecified atom stereocenters. The van der Waals surface area contributed by atoms with E-state index in [1.165, 1.54) is 0 Å². The number of H-pyrrole nitrogens is 1. The molecule has 0 bridgehead atoms. The van der Waals surface area contributed by atoms with Crippen molar-refractivity contribution in [2.45, 2.75) is 25.8 Å². The van der Waals surface area contributed by atoms with Gasteiger partial charge in [-0.2, -0.15) is 10.4 Å². The maximum atomic E-state index is 12.9. The van der Waals surface area contributed by atoms with Crippen molar-refractivity contribution in [1.29, 1.82) is 5.26 Å². The number of carbonyl (C=O) groups is 1. The van der Waals surface area contributed by atoms with Crippen LogP contribution in [0, 0.1) is 16.7 Å². The van der Waals surface area contributed by atoms with Crippen LogP contribution < -0.4 is 15.0 Å². The van der Waals surface area contributed by atoms with Crippen LogP contribution in [0.15, 0.2) is 41.2 Å². The van der Waals surface area contributed by atoms with Crippen molar-refractivity contribution in [3.8, 4) is 11.8 Å². The lowest BCUT2D eigenvalue weighted by molar-refractivity contribution is -0.120. The average molecular weight is 541 g/mol. The number of ether oxygens (including phenoxy) is 1. The van der Waals surface area contributed by atoms with Crippen LogP contribution in [0.1, 0.15) is 24.4 Å². The molecule has 2 aromatic heterocycles. The third kappa shape index (κ3) is 5.28. The van der Waals surface area contributed by atoms with E-state index in [2.05, 4.69) is 21.1 Å². The minimum atomic E-state index is -3.78. The molecule has 2 aromatic carbocycles. The number of nitrogens with zero attached hydrogens (tertiary/aromatic N) is 4. The number of aromatic amines is 1. The summed E-state index contributed by atoms with van der Waals surface area (Å²) < 4.78 is 31.4. The summed E-state index contributed by atoms with van der Waals surface area (Å²) in [5, 5.41) is 14.9. The third-order valence-electron chi connectivity index (χ3n) is 6.05. The van der Waals surface area contributed by atoms with E-state index in [1.54, 1.807) is 36.4 Å². The summed E-state index contributed by atoms with van der Waals surface area (Å²) in [6.45, 7) is -0.301. The fourth-order valence-corrected chi connectivity index (χ4v) is 4.68. The summed E-state index contributed by atoms with van der Waals surface area (Å²) in [6, 6.07) is 12.5. The van der Waals surface area contributed by atoms with Crippen LogP contribution in [0.5, 0.6) is 5.75 Å². The third-order valence-corrected chi connectivity index (χ3v) is 6.94. The Morgan fingerprint density at radius 2 is 2.03 bits per heavy atom. The van der Waals surface area contributed by atoms with Gasteiger partial charge < -0.3 is 9.72 Å². The number of benzene rings is 2. The molecule has 4 aromatic rings. The Balaban J connectivity index is 1.46. The van der Waals surface area contributed by atoms with Gasteiger partial charge in [0.05, 0.1) is 51.3 Å². The molecule has 1 aliphatic rings. The number of carbonyl (C=O) groups excluding carboxylic acids is 1. The number of hydrogen-bond donors (Lipinski definition) is 2. The monoisotopic (exact) mass is 540 g/mol. The minimum absolute atomic E-state index is 0.189. The number of aromatic nitrogens is 4. The number of hydrogen-bond acceptors (Lipinski definition) is 8. The lowest BCUT2D eigenvalue weighted by Crippen LogP contribution is -2.36. The van der Waals surface area contributed by atoms with E-state index in [4.69, 9.17) is 16.3 Å². The van der Waals surface area contributed by atoms with Gasteiger partial charge in [-0.25, -0.2) is 18.1 Å². The molecule has 2 N–H and O–H groups in total. The van der Waals surface area contributed by atoms with Gasteiger partial charge >= 0.3 is 0 Å². The molecule has 0 saturated heterocycles. The summed E-state index contributed by atoms with van der Waals surface area (Å²) in [4.78, 5) is 32.9. The second-order valence-electron chi connectivity index (χ2n) is 9.09. The average Bonchev–Trinajstić information content (AvgIpc) is 3.52. The van der Waals surface area contributed by atoms with Gasteiger partial charge in [-0.3, -0.25) is 14.3 Å². The first-order valence-corrected chi connectivity index (χ1v) is 13.5. The molecule has 11 nitrogen and oxygen atoms in total. The van der Waals surface area contributed by atoms with Crippen molar-refractivity contribution in [2.75, 3.05) is 12.9 Å². The van der Waals surface area contributed by atoms with Gasteiger partial charge in [-0.15, -0.1) is 0 Å². The number of sulfonamides is 1. The summed E-state index contributed by atoms with van der Waals surface area (Å²) in [5.74, 6) is 0.0934. The Bertz CT molecular complexity index is 1770. The molecular formula is C24H21ClN6O5S. The lowest BCUT2D eigenvalue weighted by Gasteiger charge is -2.10. The van der Waals surface area contributed by atoms with Crippen LogP contribution >= 0.6 is 11.6 Å². The predicted octanol–water partition coefficient (Wildman–Crippen LogP) is 2.28. The Hall–Kier alpha value is -3.95. The topological polar surface area (TPSA) is 160 Å². The first-order valence-electron chi connectivity index (χ1n) is 11.3. The van der Waals surface area contributed by atoms with Crippen molar-refractivity contribution in [3.05, 3.63) is 63.3 Å². The first kappa shape index (κ1) is 24.7. The maximum absolute atomic E-state index is 12.9. The molecule has 0 radical (unpaired) electrons.